The van der Waals surface area contributed by atoms with Crippen LogP contribution in [-0.4, -0.2) is 68.5 Å². The molecule has 0 aromatic heterocycles. The Kier molecular flexibility index (Phi) is 7.37. The summed E-state index contributed by atoms with van der Waals surface area (Å²) in [5.41, 5.74) is 1.03. The molecule has 0 amide bonds. The highest BCUT2D eigenvalue weighted by Gasteiger charge is 2.33. The molecule has 0 spiro atoms. The zero-order valence-electron chi connectivity index (χ0n) is 16.0. The van der Waals surface area contributed by atoms with Gasteiger partial charge in [0.1, 0.15) is 0 Å². The van der Waals surface area contributed by atoms with Crippen molar-refractivity contribution in [2.24, 2.45) is 11.8 Å². The van der Waals surface area contributed by atoms with Crippen molar-refractivity contribution in [3.05, 3.63) is 22.7 Å². The van der Waals surface area contributed by atoms with Crippen molar-refractivity contribution < 1.29 is 14.6 Å². The minimum Gasteiger partial charge on any atom is -0.493 e. The fourth-order valence-corrected chi connectivity index (χ4v) is 3.78. The maximum Gasteiger partial charge on any atom is 0.166 e. The van der Waals surface area contributed by atoms with Crippen LogP contribution in [0.1, 0.15) is 19.4 Å². The molecule has 142 valence electrons. The summed E-state index contributed by atoms with van der Waals surface area (Å²) in [5, 5.41) is 10.4. The number of aliphatic hydroxyl groups is 1. The van der Waals surface area contributed by atoms with Crippen molar-refractivity contribution in [2.75, 3.05) is 47.4 Å². The van der Waals surface area contributed by atoms with Gasteiger partial charge in [0.15, 0.2) is 11.5 Å². The van der Waals surface area contributed by atoms with Gasteiger partial charge < -0.3 is 19.5 Å². The number of halogens is 1. The molecular weight excluding hydrogens is 340 g/mol. The average molecular weight is 371 g/mol. The van der Waals surface area contributed by atoms with E-state index in [-0.39, 0.29) is 12.7 Å². The van der Waals surface area contributed by atoms with Crippen LogP contribution in [-0.2, 0) is 6.54 Å². The van der Waals surface area contributed by atoms with Gasteiger partial charge in [0.05, 0.1) is 13.2 Å². The lowest BCUT2D eigenvalue weighted by atomic mass is 9.97. The van der Waals surface area contributed by atoms with Gasteiger partial charge in [-0.25, -0.2) is 0 Å². The Morgan fingerprint density at radius 2 is 1.96 bits per heavy atom. The first-order valence-electron chi connectivity index (χ1n) is 8.85. The monoisotopic (exact) mass is 370 g/mol. The Labute approximate surface area is 156 Å². The van der Waals surface area contributed by atoms with Gasteiger partial charge in [0.25, 0.3) is 0 Å². The fourth-order valence-electron chi connectivity index (χ4n) is 3.55. The molecule has 5 nitrogen and oxygen atoms in total. The number of ether oxygens (including phenoxy) is 2. The van der Waals surface area contributed by atoms with E-state index in [9.17, 15) is 5.11 Å². The molecule has 25 heavy (non-hydrogen) atoms. The number of hydrogen-bond acceptors (Lipinski definition) is 5. The maximum absolute atomic E-state index is 9.72. The van der Waals surface area contributed by atoms with E-state index in [0.29, 0.717) is 22.6 Å². The quantitative estimate of drug-likeness (QED) is 0.762. The number of aliphatic hydroxyl groups excluding tert-OH is 1. The average Bonchev–Trinajstić information content (AvgIpc) is 2.89. The molecule has 1 aliphatic heterocycles. The first-order valence-corrected chi connectivity index (χ1v) is 9.22. The Bertz CT molecular complexity index is 566. The second-order valence-electron chi connectivity index (χ2n) is 7.42. The van der Waals surface area contributed by atoms with Crippen LogP contribution in [0.3, 0.4) is 0 Å². The summed E-state index contributed by atoms with van der Waals surface area (Å²) >= 11 is 6.28. The Balaban J connectivity index is 2.20. The maximum atomic E-state index is 9.72. The van der Waals surface area contributed by atoms with Gasteiger partial charge in [0, 0.05) is 49.4 Å². The summed E-state index contributed by atoms with van der Waals surface area (Å²) in [4.78, 5) is 4.56. The zero-order chi connectivity index (χ0) is 18.6. The largest absolute Gasteiger partial charge is 0.493 e. The topological polar surface area (TPSA) is 45.2 Å². The molecule has 0 aliphatic carbocycles. The van der Waals surface area contributed by atoms with E-state index in [1.54, 1.807) is 13.2 Å². The van der Waals surface area contributed by atoms with Crippen LogP contribution in [0.2, 0.25) is 5.02 Å². The highest BCUT2D eigenvalue weighted by Crippen LogP contribution is 2.37. The van der Waals surface area contributed by atoms with Crippen molar-refractivity contribution in [1.82, 2.24) is 9.80 Å². The molecule has 1 fully saturated rings. The number of hydrogen-bond donors (Lipinski definition) is 1. The fraction of sp³-hybridized carbons (Fsp3) is 0.684. The molecule has 0 bridgehead atoms. The Morgan fingerprint density at radius 3 is 2.52 bits per heavy atom. The van der Waals surface area contributed by atoms with Crippen molar-refractivity contribution >= 4 is 11.6 Å². The second kappa shape index (κ2) is 9.08. The van der Waals surface area contributed by atoms with Gasteiger partial charge in [-0.2, -0.15) is 0 Å². The molecule has 0 radical (unpaired) electrons. The van der Waals surface area contributed by atoms with Crippen LogP contribution in [0.25, 0.3) is 0 Å². The summed E-state index contributed by atoms with van der Waals surface area (Å²) in [5.74, 6) is 2.20. The predicted molar refractivity (Wildman–Crippen MR) is 102 cm³/mol. The van der Waals surface area contributed by atoms with Crippen LogP contribution in [0.4, 0.5) is 0 Å². The van der Waals surface area contributed by atoms with Gasteiger partial charge in [-0.3, -0.25) is 4.90 Å². The molecule has 1 aromatic rings. The summed E-state index contributed by atoms with van der Waals surface area (Å²) in [6.07, 6.45) is 0.0547. The highest BCUT2D eigenvalue weighted by molar-refractivity contribution is 6.30. The number of likely N-dealkylation sites (tertiary alicyclic amines) is 1. The van der Waals surface area contributed by atoms with Gasteiger partial charge in [0.2, 0.25) is 0 Å². The number of benzene rings is 1. The number of nitrogens with zero attached hydrogens (tertiary/aromatic N) is 2. The van der Waals surface area contributed by atoms with E-state index in [2.05, 4.69) is 23.9 Å². The standard InChI is InChI=1S/C19H31ClN2O3/c1-13(2)25-19-14(6-17(20)7-18(19)24-5)9-22-10-15(8-21(3)4)16(11-22)12-23/h6-7,13,15-16,23H,8-12H2,1-5H3/t15-,16-/m1/s1. The van der Waals surface area contributed by atoms with E-state index in [4.69, 9.17) is 21.1 Å². The first-order chi connectivity index (χ1) is 11.8. The Hall–Kier alpha value is -1.01. The van der Waals surface area contributed by atoms with Crippen LogP contribution >= 0.6 is 11.6 Å². The van der Waals surface area contributed by atoms with Crippen molar-refractivity contribution in [3.63, 3.8) is 0 Å². The molecule has 1 aromatic carbocycles. The van der Waals surface area contributed by atoms with Crippen LogP contribution in [0.15, 0.2) is 12.1 Å². The molecule has 1 N–H and O–H groups in total. The predicted octanol–water partition coefficient (Wildman–Crippen LogP) is 2.74. The second-order valence-corrected chi connectivity index (χ2v) is 7.86. The van der Waals surface area contributed by atoms with Gasteiger partial charge in [-0.1, -0.05) is 11.6 Å². The van der Waals surface area contributed by atoms with E-state index in [1.165, 1.54) is 0 Å². The lowest BCUT2D eigenvalue weighted by molar-refractivity contribution is 0.183. The van der Waals surface area contributed by atoms with Crippen LogP contribution < -0.4 is 9.47 Å². The SMILES string of the molecule is COc1cc(Cl)cc(CN2C[C@@H](CN(C)C)[C@@H](CO)C2)c1OC(C)C. The smallest absolute Gasteiger partial charge is 0.166 e. The minimum absolute atomic E-state index is 0.0547. The summed E-state index contributed by atoms with van der Waals surface area (Å²) in [7, 11) is 5.79. The Morgan fingerprint density at radius 1 is 1.28 bits per heavy atom. The van der Waals surface area contributed by atoms with Crippen molar-refractivity contribution in [2.45, 2.75) is 26.5 Å². The third-order valence-electron chi connectivity index (χ3n) is 4.55. The van der Waals surface area contributed by atoms with Crippen LogP contribution in [0.5, 0.6) is 11.5 Å². The molecular formula is C19H31ClN2O3. The molecule has 2 atom stereocenters. The third kappa shape index (κ3) is 5.48. The molecule has 0 unspecified atom stereocenters. The van der Waals surface area contributed by atoms with E-state index in [0.717, 1.165) is 37.5 Å². The van der Waals surface area contributed by atoms with E-state index in [1.807, 2.05) is 19.9 Å². The summed E-state index contributed by atoms with van der Waals surface area (Å²) in [6, 6.07) is 3.74. The number of rotatable bonds is 8. The van der Waals surface area contributed by atoms with Crippen LogP contribution in [0, 0.1) is 11.8 Å². The minimum atomic E-state index is 0.0547. The molecule has 1 aliphatic rings. The lowest BCUT2D eigenvalue weighted by Gasteiger charge is -2.22. The lowest BCUT2D eigenvalue weighted by Crippen LogP contribution is -2.28. The normalized spacial score (nSPS) is 21.3. The molecule has 2 rings (SSSR count). The molecule has 6 heteroatoms. The third-order valence-corrected chi connectivity index (χ3v) is 4.77. The zero-order valence-corrected chi connectivity index (χ0v) is 16.7. The molecule has 0 saturated carbocycles. The first kappa shape index (κ1) is 20.3. The van der Waals surface area contributed by atoms with Crippen molar-refractivity contribution in [3.8, 4) is 11.5 Å². The molecule has 1 saturated heterocycles. The van der Waals surface area contributed by atoms with E-state index < -0.39 is 0 Å². The summed E-state index contributed by atoms with van der Waals surface area (Å²) in [6.45, 7) is 7.79. The molecule has 1 heterocycles. The van der Waals surface area contributed by atoms with Gasteiger partial charge in [-0.15, -0.1) is 0 Å². The summed E-state index contributed by atoms with van der Waals surface area (Å²) < 4.78 is 11.5. The van der Waals surface area contributed by atoms with Crippen molar-refractivity contribution in [1.29, 1.82) is 0 Å². The van der Waals surface area contributed by atoms with Gasteiger partial charge in [-0.05, 0) is 45.8 Å². The number of methoxy groups -OCH3 is 1. The van der Waals surface area contributed by atoms with E-state index >= 15 is 0 Å². The highest BCUT2D eigenvalue weighted by atomic mass is 35.5. The van der Waals surface area contributed by atoms with Gasteiger partial charge >= 0.3 is 0 Å².